The molecule has 3 aliphatic rings. The number of imide groups is 1. The first-order chi connectivity index (χ1) is 18.2. The van der Waals surface area contributed by atoms with Crippen LogP contribution in [0.3, 0.4) is 0 Å². The number of amides is 2. The van der Waals surface area contributed by atoms with Crippen molar-refractivity contribution in [3.05, 3.63) is 0 Å². The lowest BCUT2D eigenvalue weighted by atomic mass is 9.79. The molecule has 0 aromatic carbocycles. The Morgan fingerprint density at radius 1 is 0.821 bits per heavy atom. The van der Waals surface area contributed by atoms with Crippen molar-refractivity contribution in [1.82, 2.24) is 15.1 Å². The molecule has 1 N–H and O–H groups in total. The summed E-state index contributed by atoms with van der Waals surface area (Å²) in [7, 11) is 2.23. The smallest absolute Gasteiger partial charge is 0.233 e. The highest BCUT2D eigenvalue weighted by Crippen LogP contribution is 2.36. The fourth-order valence-corrected chi connectivity index (χ4v) is 7.31. The fourth-order valence-electron chi connectivity index (χ4n) is 7.31. The van der Waals surface area contributed by atoms with Gasteiger partial charge in [0.2, 0.25) is 11.8 Å². The van der Waals surface area contributed by atoms with Gasteiger partial charge in [-0.1, -0.05) is 78.1 Å². The van der Waals surface area contributed by atoms with Gasteiger partial charge < -0.3 is 10.2 Å². The highest BCUT2D eigenvalue weighted by Gasteiger charge is 2.47. The van der Waals surface area contributed by atoms with E-state index in [1.54, 1.807) is 4.90 Å². The largest absolute Gasteiger partial charge is 0.307 e. The van der Waals surface area contributed by atoms with Crippen LogP contribution in [0.4, 0.5) is 0 Å². The molecule has 3 aliphatic heterocycles. The average Bonchev–Trinajstić information content (AvgIpc) is 3.10. The first-order valence-electron chi connectivity index (χ1n) is 16.6. The molecule has 0 radical (unpaired) electrons. The van der Waals surface area contributed by atoms with Gasteiger partial charge in [0.25, 0.3) is 0 Å². The van der Waals surface area contributed by atoms with Gasteiger partial charge in [0.1, 0.15) is 0 Å². The quantitative estimate of drug-likeness (QED) is 0.198. The third-order valence-corrected chi connectivity index (χ3v) is 10.0. The van der Waals surface area contributed by atoms with Crippen LogP contribution >= 0.6 is 0 Å². The van der Waals surface area contributed by atoms with Gasteiger partial charge in [0.15, 0.2) is 0 Å². The van der Waals surface area contributed by atoms with Crippen LogP contribution in [-0.2, 0) is 9.59 Å². The van der Waals surface area contributed by atoms with Gasteiger partial charge in [0.05, 0.1) is 0 Å². The van der Waals surface area contributed by atoms with Crippen molar-refractivity contribution >= 4 is 11.8 Å². The molecule has 0 aromatic heterocycles. The third-order valence-electron chi connectivity index (χ3n) is 10.0. The predicted molar refractivity (Wildman–Crippen MR) is 166 cm³/mol. The molecule has 2 atom stereocenters. The SMILES string of the molecule is CC1CCCN(C)C1(C)C.CCCCCCCCCCCCC1CC(=O)N(C2CC(C)(C)NC(C)(C)C2)C1=O. The number of unbranched alkanes of at least 4 members (excludes halogenated alkanes) is 9. The number of hydrogen-bond donors (Lipinski definition) is 1. The molecule has 3 heterocycles. The minimum absolute atomic E-state index is 0.0407. The lowest BCUT2D eigenvalue weighted by Gasteiger charge is -2.48. The van der Waals surface area contributed by atoms with E-state index in [-0.39, 0.29) is 34.9 Å². The number of carbonyl (C=O) groups excluding carboxylic acids is 2. The summed E-state index contributed by atoms with van der Waals surface area (Å²) >= 11 is 0. The summed E-state index contributed by atoms with van der Waals surface area (Å²) in [6.07, 6.45) is 18.8. The number of nitrogens with zero attached hydrogens (tertiary/aromatic N) is 2. The van der Waals surface area contributed by atoms with Gasteiger partial charge in [-0.2, -0.15) is 0 Å². The summed E-state index contributed by atoms with van der Waals surface area (Å²) < 4.78 is 0. The molecule has 3 saturated heterocycles. The van der Waals surface area contributed by atoms with Crippen molar-refractivity contribution in [2.45, 2.75) is 181 Å². The van der Waals surface area contributed by atoms with Crippen LogP contribution < -0.4 is 5.32 Å². The zero-order valence-electron chi connectivity index (χ0n) is 27.5. The van der Waals surface area contributed by atoms with Crippen LogP contribution in [0.25, 0.3) is 0 Å². The summed E-state index contributed by atoms with van der Waals surface area (Å²) in [5, 5.41) is 3.65. The van der Waals surface area contributed by atoms with Gasteiger partial charge in [0, 0.05) is 35.0 Å². The normalized spacial score (nSPS) is 26.9. The molecule has 0 bridgehead atoms. The van der Waals surface area contributed by atoms with Crippen LogP contribution in [0, 0.1) is 11.8 Å². The number of likely N-dealkylation sites (tertiary alicyclic amines) is 2. The van der Waals surface area contributed by atoms with E-state index in [2.05, 4.69) is 72.7 Å². The molecule has 39 heavy (non-hydrogen) atoms. The van der Waals surface area contributed by atoms with Gasteiger partial charge >= 0.3 is 0 Å². The Balaban J connectivity index is 0.000000446. The second-order valence-corrected chi connectivity index (χ2v) is 15.0. The zero-order chi connectivity index (χ0) is 29.3. The van der Waals surface area contributed by atoms with Crippen molar-refractivity contribution in [3.8, 4) is 0 Å². The number of carbonyl (C=O) groups is 2. The van der Waals surface area contributed by atoms with Gasteiger partial charge in [-0.05, 0) is 93.2 Å². The maximum atomic E-state index is 13.0. The summed E-state index contributed by atoms with van der Waals surface area (Å²) in [6, 6.07) is 0.0407. The van der Waals surface area contributed by atoms with Gasteiger partial charge in [-0.25, -0.2) is 0 Å². The summed E-state index contributed by atoms with van der Waals surface area (Å²) in [5.41, 5.74) is 0.321. The molecule has 2 unspecified atom stereocenters. The van der Waals surface area contributed by atoms with Crippen molar-refractivity contribution in [1.29, 1.82) is 0 Å². The second-order valence-electron chi connectivity index (χ2n) is 15.0. The van der Waals surface area contributed by atoms with E-state index >= 15 is 0 Å². The number of piperidine rings is 2. The topological polar surface area (TPSA) is 52.7 Å². The van der Waals surface area contributed by atoms with Gasteiger partial charge in [-0.3, -0.25) is 14.5 Å². The van der Waals surface area contributed by atoms with Crippen molar-refractivity contribution < 1.29 is 9.59 Å². The molecule has 5 nitrogen and oxygen atoms in total. The van der Waals surface area contributed by atoms with E-state index in [1.165, 1.54) is 77.2 Å². The summed E-state index contributed by atoms with van der Waals surface area (Å²) in [4.78, 5) is 29.8. The Kier molecular flexibility index (Phi) is 13.5. The van der Waals surface area contributed by atoms with Gasteiger partial charge in [-0.15, -0.1) is 0 Å². The van der Waals surface area contributed by atoms with E-state index in [1.807, 2.05) is 0 Å². The number of nitrogens with one attached hydrogen (secondary N) is 1. The van der Waals surface area contributed by atoms with Crippen molar-refractivity contribution in [2.24, 2.45) is 11.8 Å². The lowest BCUT2D eigenvalue weighted by molar-refractivity contribution is -0.144. The Bertz CT molecular complexity index is 732. The van der Waals surface area contributed by atoms with E-state index in [9.17, 15) is 9.59 Å². The van der Waals surface area contributed by atoms with E-state index in [4.69, 9.17) is 0 Å². The molecule has 3 fully saturated rings. The van der Waals surface area contributed by atoms with Crippen LogP contribution in [0.15, 0.2) is 0 Å². The Morgan fingerprint density at radius 3 is 1.82 bits per heavy atom. The molecule has 0 aromatic rings. The predicted octanol–water partition coefficient (Wildman–Crippen LogP) is 8.11. The molecular formula is C34H65N3O2. The number of hydrogen-bond acceptors (Lipinski definition) is 4. The van der Waals surface area contributed by atoms with Crippen LogP contribution in [0.2, 0.25) is 0 Å². The summed E-state index contributed by atoms with van der Waals surface area (Å²) in [6.45, 7) is 19.3. The fraction of sp³-hybridized carbons (Fsp3) is 0.941. The average molecular weight is 548 g/mol. The van der Waals surface area contributed by atoms with E-state index in [0.29, 0.717) is 12.0 Å². The van der Waals surface area contributed by atoms with Crippen LogP contribution in [0.5, 0.6) is 0 Å². The standard InChI is InChI=1S/C25H46N2O2.C9H19N/c1-6-7-8-9-10-11-12-13-14-15-16-20-17-22(28)27(23(20)29)21-18-24(2,3)26-25(4,5)19-21;1-8-6-5-7-10(4)9(8,2)3/h20-21,26H,6-19H2,1-5H3;8H,5-7H2,1-4H3. The van der Waals surface area contributed by atoms with Crippen molar-refractivity contribution in [2.75, 3.05) is 13.6 Å². The molecular weight excluding hydrogens is 482 g/mol. The highest BCUT2D eigenvalue weighted by atomic mass is 16.2. The maximum absolute atomic E-state index is 13.0. The highest BCUT2D eigenvalue weighted by molar-refractivity contribution is 6.03. The summed E-state index contributed by atoms with van der Waals surface area (Å²) in [5.74, 6) is 0.943. The Hall–Kier alpha value is -0.940. The number of rotatable bonds is 12. The molecule has 2 amide bonds. The molecule has 5 heteroatoms. The minimum atomic E-state index is -0.0716. The minimum Gasteiger partial charge on any atom is -0.307 e. The molecule has 0 spiro atoms. The first-order valence-corrected chi connectivity index (χ1v) is 16.6. The van der Waals surface area contributed by atoms with Crippen LogP contribution in [0.1, 0.15) is 158 Å². The zero-order valence-corrected chi connectivity index (χ0v) is 27.5. The Morgan fingerprint density at radius 2 is 1.33 bits per heavy atom. The molecule has 3 rings (SSSR count). The van der Waals surface area contributed by atoms with Crippen molar-refractivity contribution in [3.63, 3.8) is 0 Å². The van der Waals surface area contributed by atoms with E-state index in [0.717, 1.165) is 31.6 Å². The molecule has 0 saturated carbocycles. The third kappa shape index (κ3) is 10.8. The maximum Gasteiger partial charge on any atom is 0.233 e. The van der Waals surface area contributed by atoms with Crippen LogP contribution in [-0.4, -0.2) is 57.9 Å². The van der Waals surface area contributed by atoms with E-state index < -0.39 is 0 Å². The molecule has 0 aliphatic carbocycles. The first kappa shape index (κ1) is 34.3. The Labute approximate surface area is 242 Å². The second kappa shape index (κ2) is 15.3. The molecule has 228 valence electrons. The monoisotopic (exact) mass is 548 g/mol. The lowest BCUT2D eigenvalue weighted by Crippen LogP contribution is -2.62.